The van der Waals surface area contributed by atoms with Crippen LogP contribution in [0.4, 0.5) is 0 Å². The van der Waals surface area contributed by atoms with Gasteiger partial charge in [0.05, 0.1) is 0 Å². The Kier molecular flexibility index (Phi) is 4.65. The molecule has 1 aromatic carbocycles. The van der Waals surface area contributed by atoms with Gasteiger partial charge in [-0.1, -0.05) is 35.4 Å². The topological polar surface area (TPSA) is 0 Å². The van der Waals surface area contributed by atoms with Crippen LogP contribution >= 0.6 is 34.8 Å². The first-order valence-corrected chi connectivity index (χ1v) is 5.18. The second-order valence-corrected chi connectivity index (χ2v) is 3.72. The second-order valence-electron chi connectivity index (χ2n) is 2.57. The summed E-state index contributed by atoms with van der Waals surface area (Å²) in [4.78, 5) is 0. The van der Waals surface area contributed by atoms with Crippen molar-refractivity contribution >= 4 is 34.8 Å². The van der Waals surface area contributed by atoms with Crippen LogP contribution < -0.4 is 0 Å². The molecule has 0 atom stereocenters. The van der Waals surface area contributed by atoms with E-state index in [1.165, 1.54) is 0 Å². The van der Waals surface area contributed by atoms with Crippen LogP contribution in [0.3, 0.4) is 0 Å². The molecule has 70 valence electrons. The maximum absolute atomic E-state index is 5.95. The van der Waals surface area contributed by atoms with E-state index in [1.54, 1.807) is 12.1 Å². The zero-order valence-corrected chi connectivity index (χ0v) is 9.20. The quantitative estimate of drug-likeness (QED) is 0.540. The third-order valence-electron chi connectivity index (χ3n) is 1.60. The molecule has 3 heteroatoms. The van der Waals surface area contributed by atoms with Crippen LogP contribution in [0.15, 0.2) is 30.4 Å². The molecule has 0 aliphatic carbocycles. The molecule has 1 rings (SSSR count). The van der Waals surface area contributed by atoms with Gasteiger partial charge in [-0.05, 0) is 30.2 Å². The van der Waals surface area contributed by atoms with Gasteiger partial charge in [0.25, 0.3) is 0 Å². The van der Waals surface area contributed by atoms with Crippen molar-refractivity contribution in [1.29, 1.82) is 0 Å². The Morgan fingerprint density at radius 2 is 1.92 bits per heavy atom. The average Bonchev–Trinajstić information content (AvgIpc) is 2.11. The Morgan fingerprint density at radius 3 is 2.62 bits per heavy atom. The van der Waals surface area contributed by atoms with Crippen LogP contribution in [0.5, 0.6) is 0 Å². The Labute approximate surface area is 93.1 Å². The maximum Gasteiger partial charge on any atom is 0.0442 e. The van der Waals surface area contributed by atoms with Crippen molar-refractivity contribution in [2.45, 2.75) is 6.42 Å². The summed E-state index contributed by atoms with van der Waals surface area (Å²) >= 11 is 17.3. The molecule has 0 aromatic heterocycles. The van der Waals surface area contributed by atoms with Crippen LogP contribution in [0, 0.1) is 0 Å². The first-order chi connectivity index (χ1) is 6.24. The van der Waals surface area contributed by atoms with E-state index in [0.717, 1.165) is 17.0 Å². The Hall–Kier alpha value is -0.170. The lowest BCUT2D eigenvalue weighted by atomic mass is 10.1. The summed E-state index contributed by atoms with van der Waals surface area (Å²) in [6, 6.07) is 5.44. The van der Waals surface area contributed by atoms with Gasteiger partial charge in [-0.3, -0.25) is 0 Å². The van der Waals surface area contributed by atoms with E-state index < -0.39 is 0 Å². The molecule has 0 unspecified atom stereocenters. The summed E-state index contributed by atoms with van der Waals surface area (Å²) in [6.07, 6.45) is 4.63. The van der Waals surface area contributed by atoms with Gasteiger partial charge in [-0.2, -0.15) is 0 Å². The third kappa shape index (κ3) is 3.60. The standard InChI is InChI=1S/C10H9Cl3/c11-6-2-1-3-8-7-9(12)4-5-10(8)13/h1-2,4-5,7H,3,6H2/b2-1+. The molecule has 0 heterocycles. The van der Waals surface area contributed by atoms with Crippen molar-refractivity contribution in [1.82, 2.24) is 0 Å². The minimum Gasteiger partial charge on any atom is -0.122 e. The molecule has 0 N–H and O–H groups in total. The van der Waals surface area contributed by atoms with E-state index in [0.29, 0.717) is 10.9 Å². The van der Waals surface area contributed by atoms with Crippen LogP contribution in [0.25, 0.3) is 0 Å². The predicted octanol–water partition coefficient (Wildman–Crippen LogP) is 4.33. The van der Waals surface area contributed by atoms with Crippen molar-refractivity contribution in [3.05, 3.63) is 46.0 Å². The molecular formula is C10H9Cl3. The first-order valence-electron chi connectivity index (χ1n) is 3.89. The zero-order chi connectivity index (χ0) is 9.68. The van der Waals surface area contributed by atoms with Crippen molar-refractivity contribution in [2.24, 2.45) is 0 Å². The Bertz CT molecular complexity index is 305. The molecule has 13 heavy (non-hydrogen) atoms. The summed E-state index contributed by atoms with van der Waals surface area (Å²) in [5.41, 5.74) is 1.02. The summed E-state index contributed by atoms with van der Waals surface area (Å²) in [5, 5.41) is 1.45. The van der Waals surface area contributed by atoms with Crippen LogP contribution in [0.2, 0.25) is 10.0 Å². The average molecular weight is 236 g/mol. The monoisotopic (exact) mass is 234 g/mol. The molecular weight excluding hydrogens is 226 g/mol. The smallest absolute Gasteiger partial charge is 0.0442 e. The Morgan fingerprint density at radius 1 is 1.15 bits per heavy atom. The molecule has 0 fully saturated rings. The van der Waals surface area contributed by atoms with Gasteiger partial charge in [0.1, 0.15) is 0 Å². The van der Waals surface area contributed by atoms with Gasteiger partial charge >= 0.3 is 0 Å². The molecule has 0 aliphatic heterocycles. The SMILES string of the molecule is ClC/C=C/Cc1cc(Cl)ccc1Cl. The van der Waals surface area contributed by atoms with Gasteiger partial charge < -0.3 is 0 Å². The van der Waals surface area contributed by atoms with E-state index in [9.17, 15) is 0 Å². The molecule has 0 amide bonds. The number of hydrogen-bond donors (Lipinski definition) is 0. The van der Waals surface area contributed by atoms with Gasteiger partial charge in [-0.25, -0.2) is 0 Å². The van der Waals surface area contributed by atoms with Crippen molar-refractivity contribution in [3.63, 3.8) is 0 Å². The predicted molar refractivity (Wildman–Crippen MR) is 60.0 cm³/mol. The van der Waals surface area contributed by atoms with E-state index in [4.69, 9.17) is 34.8 Å². The van der Waals surface area contributed by atoms with Crippen molar-refractivity contribution < 1.29 is 0 Å². The number of halogens is 3. The maximum atomic E-state index is 5.95. The molecule has 0 saturated heterocycles. The fourth-order valence-electron chi connectivity index (χ4n) is 0.973. The summed E-state index contributed by atoms with van der Waals surface area (Å²) < 4.78 is 0. The van der Waals surface area contributed by atoms with E-state index in [1.807, 2.05) is 18.2 Å². The highest BCUT2D eigenvalue weighted by molar-refractivity contribution is 6.33. The highest BCUT2D eigenvalue weighted by atomic mass is 35.5. The van der Waals surface area contributed by atoms with Gasteiger partial charge in [-0.15, -0.1) is 11.6 Å². The van der Waals surface area contributed by atoms with E-state index >= 15 is 0 Å². The lowest BCUT2D eigenvalue weighted by Crippen LogP contribution is -1.82. The van der Waals surface area contributed by atoms with Gasteiger partial charge in [0.15, 0.2) is 0 Å². The molecule has 1 aromatic rings. The number of alkyl halides is 1. The molecule has 0 aliphatic rings. The number of hydrogen-bond acceptors (Lipinski definition) is 0. The lowest BCUT2D eigenvalue weighted by Gasteiger charge is -2.00. The number of allylic oxidation sites excluding steroid dienone is 2. The molecule has 0 bridgehead atoms. The Balaban J connectivity index is 2.75. The van der Waals surface area contributed by atoms with Gasteiger partial charge in [0, 0.05) is 15.9 Å². The van der Waals surface area contributed by atoms with E-state index in [-0.39, 0.29) is 0 Å². The highest BCUT2D eigenvalue weighted by Crippen LogP contribution is 2.21. The van der Waals surface area contributed by atoms with Crippen LogP contribution in [-0.2, 0) is 6.42 Å². The molecule has 0 radical (unpaired) electrons. The molecule has 0 spiro atoms. The van der Waals surface area contributed by atoms with Crippen LogP contribution in [-0.4, -0.2) is 5.88 Å². The fraction of sp³-hybridized carbons (Fsp3) is 0.200. The lowest BCUT2D eigenvalue weighted by molar-refractivity contribution is 1.26. The normalized spacial score (nSPS) is 11.0. The number of benzene rings is 1. The number of rotatable bonds is 3. The van der Waals surface area contributed by atoms with E-state index in [2.05, 4.69) is 0 Å². The fourth-order valence-corrected chi connectivity index (χ4v) is 1.49. The van der Waals surface area contributed by atoms with Crippen molar-refractivity contribution in [2.75, 3.05) is 5.88 Å². The summed E-state index contributed by atoms with van der Waals surface area (Å²) in [6.45, 7) is 0. The summed E-state index contributed by atoms with van der Waals surface area (Å²) in [5.74, 6) is 0.526. The van der Waals surface area contributed by atoms with Crippen molar-refractivity contribution in [3.8, 4) is 0 Å². The molecule has 0 nitrogen and oxygen atoms in total. The third-order valence-corrected chi connectivity index (χ3v) is 2.38. The minimum absolute atomic E-state index is 0.526. The largest absolute Gasteiger partial charge is 0.122 e. The summed E-state index contributed by atoms with van der Waals surface area (Å²) in [7, 11) is 0. The molecule has 0 saturated carbocycles. The van der Waals surface area contributed by atoms with Gasteiger partial charge in [0.2, 0.25) is 0 Å². The second kappa shape index (κ2) is 5.54. The zero-order valence-electron chi connectivity index (χ0n) is 6.93. The minimum atomic E-state index is 0.526. The highest BCUT2D eigenvalue weighted by Gasteiger charge is 1.98. The van der Waals surface area contributed by atoms with Crippen LogP contribution in [0.1, 0.15) is 5.56 Å². The first kappa shape index (κ1) is 10.9.